The van der Waals surface area contributed by atoms with Crippen LogP contribution in [0.25, 0.3) is 0 Å². The maximum Gasteiger partial charge on any atom is 0.293 e. The van der Waals surface area contributed by atoms with E-state index in [9.17, 15) is 4.79 Å². The molecule has 0 aromatic carbocycles. The molecule has 0 spiro atoms. The maximum absolute atomic E-state index is 12.1. The van der Waals surface area contributed by atoms with Gasteiger partial charge in [-0.05, 0) is 25.7 Å². The molecule has 2 fully saturated rings. The largest absolute Gasteiger partial charge is 0.365 e. The summed E-state index contributed by atoms with van der Waals surface area (Å²) in [6.45, 7) is 0.757. The number of nitrogens with one attached hydrogen (secondary N) is 1. The van der Waals surface area contributed by atoms with Crippen molar-refractivity contribution in [2.24, 2.45) is 5.41 Å². The van der Waals surface area contributed by atoms with Crippen LogP contribution < -0.4 is 10.9 Å². The van der Waals surface area contributed by atoms with E-state index in [1.165, 1.54) is 0 Å². The summed E-state index contributed by atoms with van der Waals surface area (Å²) in [6.07, 6.45) is 7.98. The molecule has 17 heavy (non-hydrogen) atoms. The number of hydrogen-bond donors (Lipinski definition) is 1. The Morgan fingerprint density at radius 2 is 2.29 bits per heavy atom. The molecule has 0 bridgehead atoms. The molecule has 3 rings (SSSR count). The molecule has 1 aromatic rings. The summed E-state index contributed by atoms with van der Waals surface area (Å²) < 4.78 is 1.79. The molecular formula is C12H16ClN3O. The van der Waals surface area contributed by atoms with E-state index in [1.807, 2.05) is 0 Å². The van der Waals surface area contributed by atoms with Crippen LogP contribution >= 0.6 is 11.6 Å². The maximum atomic E-state index is 12.1. The molecule has 0 unspecified atom stereocenters. The van der Waals surface area contributed by atoms with Crippen molar-refractivity contribution in [1.82, 2.24) is 9.55 Å². The molecule has 1 aromatic heterocycles. The lowest BCUT2D eigenvalue weighted by atomic mass is 10.1. The van der Waals surface area contributed by atoms with Crippen molar-refractivity contribution >= 4 is 17.4 Å². The Bertz CT molecular complexity index is 477. The molecule has 1 heterocycles. The Kier molecular flexibility index (Phi) is 2.62. The number of rotatable bonds is 5. The molecule has 0 radical (unpaired) electrons. The average molecular weight is 254 g/mol. The van der Waals surface area contributed by atoms with Gasteiger partial charge < -0.3 is 9.88 Å². The molecule has 2 aliphatic carbocycles. The number of anilines is 1. The Morgan fingerprint density at radius 1 is 1.53 bits per heavy atom. The summed E-state index contributed by atoms with van der Waals surface area (Å²) in [7, 11) is 0. The molecule has 5 heteroatoms. The van der Waals surface area contributed by atoms with E-state index in [4.69, 9.17) is 11.6 Å². The quantitative estimate of drug-likeness (QED) is 0.817. The van der Waals surface area contributed by atoms with E-state index in [0.717, 1.165) is 32.2 Å². The smallest absolute Gasteiger partial charge is 0.293 e. The van der Waals surface area contributed by atoms with Gasteiger partial charge in [0.1, 0.15) is 0 Å². The lowest BCUT2D eigenvalue weighted by molar-refractivity contribution is 0.613. The van der Waals surface area contributed by atoms with Gasteiger partial charge in [-0.15, -0.1) is 11.6 Å². The monoisotopic (exact) mass is 253 g/mol. The molecule has 0 atom stereocenters. The molecular weight excluding hydrogens is 238 g/mol. The predicted molar refractivity (Wildman–Crippen MR) is 67.6 cm³/mol. The lowest BCUT2D eigenvalue weighted by Crippen LogP contribution is -2.27. The van der Waals surface area contributed by atoms with Crippen LogP contribution in [0.2, 0.25) is 0 Å². The molecule has 4 nitrogen and oxygen atoms in total. The van der Waals surface area contributed by atoms with Crippen molar-refractivity contribution in [2.75, 3.05) is 17.7 Å². The summed E-state index contributed by atoms with van der Waals surface area (Å²) in [5.74, 6) is 1.12. The Hall–Kier alpha value is -1.03. The van der Waals surface area contributed by atoms with Crippen LogP contribution in [0.3, 0.4) is 0 Å². The topological polar surface area (TPSA) is 46.9 Å². The van der Waals surface area contributed by atoms with Crippen LogP contribution in [-0.4, -0.2) is 22.0 Å². The van der Waals surface area contributed by atoms with Crippen LogP contribution in [0.15, 0.2) is 17.2 Å². The summed E-state index contributed by atoms with van der Waals surface area (Å²) >= 11 is 5.91. The highest BCUT2D eigenvalue weighted by atomic mass is 35.5. The first-order chi connectivity index (χ1) is 8.24. The van der Waals surface area contributed by atoms with Crippen molar-refractivity contribution in [3.63, 3.8) is 0 Å². The minimum Gasteiger partial charge on any atom is -0.365 e. The molecule has 0 aliphatic heterocycles. The fraction of sp³-hybridized carbons (Fsp3) is 0.667. The van der Waals surface area contributed by atoms with Gasteiger partial charge in [0.05, 0.1) is 0 Å². The number of aromatic nitrogens is 2. The van der Waals surface area contributed by atoms with Gasteiger partial charge in [0.2, 0.25) is 0 Å². The van der Waals surface area contributed by atoms with Crippen molar-refractivity contribution in [3.05, 3.63) is 22.7 Å². The summed E-state index contributed by atoms with van der Waals surface area (Å²) in [5.41, 5.74) is 0.205. The fourth-order valence-corrected chi connectivity index (χ4v) is 2.35. The van der Waals surface area contributed by atoms with E-state index in [0.29, 0.717) is 17.7 Å². The highest BCUT2D eigenvalue weighted by Crippen LogP contribution is 2.46. The minimum atomic E-state index is 0.000345. The second kappa shape index (κ2) is 4.02. The first-order valence-corrected chi connectivity index (χ1v) is 6.65. The Morgan fingerprint density at radius 3 is 2.88 bits per heavy atom. The average Bonchev–Trinajstić information content (AvgIpc) is 3.23. The first kappa shape index (κ1) is 11.1. The zero-order chi connectivity index (χ0) is 11.9. The van der Waals surface area contributed by atoms with Crippen LogP contribution in [0.1, 0.15) is 31.7 Å². The van der Waals surface area contributed by atoms with Crippen molar-refractivity contribution in [1.29, 1.82) is 0 Å². The summed E-state index contributed by atoms with van der Waals surface area (Å²) in [5, 5.41) is 3.16. The third-order valence-corrected chi connectivity index (χ3v) is 4.25. The van der Waals surface area contributed by atoms with Crippen LogP contribution in [0.5, 0.6) is 0 Å². The zero-order valence-electron chi connectivity index (χ0n) is 9.66. The van der Waals surface area contributed by atoms with E-state index in [1.54, 1.807) is 17.0 Å². The Balaban J connectivity index is 1.74. The second-order valence-corrected chi connectivity index (χ2v) is 5.47. The van der Waals surface area contributed by atoms with E-state index in [2.05, 4.69) is 10.3 Å². The molecule has 2 saturated carbocycles. The standard InChI is InChI=1S/C12H16ClN3O/c13-7-12(3-4-12)8-15-10-11(17)16(6-5-14-10)9-1-2-9/h5-6,9H,1-4,7-8H2,(H,14,15). The van der Waals surface area contributed by atoms with Crippen molar-refractivity contribution in [2.45, 2.75) is 31.7 Å². The number of alkyl halides is 1. The van der Waals surface area contributed by atoms with Gasteiger partial charge in [-0.1, -0.05) is 0 Å². The van der Waals surface area contributed by atoms with Gasteiger partial charge in [0.15, 0.2) is 5.82 Å². The first-order valence-electron chi connectivity index (χ1n) is 6.11. The molecule has 92 valence electrons. The SMILES string of the molecule is O=c1c(NCC2(CCl)CC2)nccn1C1CC1. The van der Waals surface area contributed by atoms with Gasteiger partial charge in [0.25, 0.3) is 5.56 Å². The van der Waals surface area contributed by atoms with Gasteiger partial charge in [-0.2, -0.15) is 0 Å². The Labute approximate surface area is 105 Å². The van der Waals surface area contributed by atoms with Crippen molar-refractivity contribution in [3.8, 4) is 0 Å². The van der Waals surface area contributed by atoms with Crippen LogP contribution in [0.4, 0.5) is 5.82 Å². The highest BCUT2D eigenvalue weighted by Gasteiger charge is 2.41. The van der Waals surface area contributed by atoms with Gasteiger partial charge >= 0.3 is 0 Å². The van der Waals surface area contributed by atoms with E-state index in [-0.39, 0.29) is 11.0 Å². The van der Waals surface area contributed by atoms with Gasteiger partial charge in [-0.25, -0.2) is 4.98 Å². The van der Waals surface area contributed by atoms with Crippen molar-refractivity contribution < 1.29 is 0 Å². The third kappa shape index (κ3) is 2.18. The highest BCUT2D eigenvalue weighted by molar-refractivity contribution is 6.18. The number of nitrogens with zero attached hydrogens (tertiary/aromatic N) is 2. The van der Waals surface area contributed by atoms with Crippen LogP contribution in [-0.2, 0) is 0 Å². The number of hydrogen-bond acceptors (Lipinski definition) is 3. The van der Waals surface area contributed by atoms with E-state index < -0.39 is 0 Å². The molecule has 0 amide bonds. The molecule has 0 saturated heterocycles. The number of halogens is 1. The minimum absolute atomic E-state index is 0.000345. The normalized spacial score (nSPS) is 21.2. The second-order valence-electron chi connectivity index (χ2n) is 5.21. The fourth-order valence-electron chi connectivity index (χ4n) is 1.99. The van der Waals surface area contributed by atoms with Gasteiger partial charge in [-0.3, -0.25) is 4.79 Å². The lowest BCUT2D eigenvalue weighted by Gasteiger charge is -2.13. The summed E-state index contributed by atoms with van der Waals surface area (Å²) in [4.78, 5) is 16.2. The molecule has 1 N–H and O–H groups in total. The zero-order valence-corrected chi connectivity index (χ0v) is 10.4. The van der Waals surface area contributed by atoms with E-state index >= 15 is 0 Å². The third-order valence-electron chi connectivity index (χ3n) is 3.68. The summed E-state index contributed by atoms with van der Waals surface area (Å²) in [6, 6.07) is 0.397. The van der Waals surface area contributed by atoms with Gasteiger partial charge in [0, 0.05) is 36.3 Å². The molecule has 2 aliphatic rings. The predicted octanol–water partition coefficient (Wildman–Crippen LogP) is 2.01. The van der Waals surface area contributed by atoms with Crippen LogP contribution in [0, 0.1) is 5.41 Å².